The summed E-state index contributed by atoms with van der Waals surface area (Å²) < 4.78 is 0. The number of aryl methyl sites for hydroxylation is 1. The number of anilines is 1. The van der Waals surface area contributed by atoms with E-state index in [1.54, 1.807) is 0 Å². The van der Waals surface area contributed by atoms with Crippen LogP contribution in [-0.4, -0.2) is 29.6 Å². The van der Waals surface area contributed by atoms with E-state index in [-0.39, 0.29) is 0 Å². The van der Waals surface area contributed by atoms with Gasteiger partial charge in [-0.25, -0.2) is 9.97 Å². The fourth-order valence-electron chi connectivity index (χ4n) is 3.13. The van der Waals surface area contributed by atoms with Gasteiger partial charge in [0, 0.05) is 19.3 Å². The predicted molar refractivity (Wildman–Crippen MR) is 72.8 cm³/mol. The third-order valence-corrected chi connectivity index (χ3v) is 4.33. The van der Waals surface area contributed by atoms with Gasteiger partial charge in [0.2, 0.25) is 5.95 Å². The maximum atomic E-state index is 5.79. The summed E-state index contributed by atoms with van der Waals surface area (Å²) in [5.74, 6) is 2.12. The summed E-state index contributed by atoms with van der Waals surface area (Å²) in [7, 11) is 0. The van der Waals surface area contributed by atoms with Crippen molar-refractivity contribution in [2.24, 2.45) is 11.7 Å². The number of fused-ring (bicyclic) bond motifs is 1. The Balaban J connectivity index is 1.82. The molecule has 1 fully saturated rings. The molecular formula is C14H22N4. The topological polar surface area (TPSA) is 55.0 Å². The Morgan fingerprint density at radius 2 is 2.33 bits per heavy atom. The van der Waals surface area contributed by atoms with E-state index in [9.17, 15) is 0 Å². The molecule has 0 spiro atoms. The molecule has 0 radical (unpaired) electrons. The number of nitrogens with two attached hydrogens (primary N) is 1. The minimum Gasteiger partial charge on any atom is -0.340 e. The molecule has 18 heavy (non-hydrogen) atoms. The highest BCUT2D eigenvalue weighted by molar-refractivity contribution is 5.37. The van der Waals surface area contributed by atoms with Crippen LogP contribution in [0.15, 0.2) is 6.20 Å². The Morgan fingerprint density at radius 3 is 3.17 bits per heavy atom. The van der Waals surface area contributed by atoms with Crippen LogP contribution in [0.4, 0.5) is 5.95 Å². The van der Waals surface area contributed by atoms with E-state index in [1.807, 2.05) is 6.20 Å². The van der Waals surface area contributed by atoms with Crippen molar-refractivity contribution in [2.45, 2.75) is 38.5 Å². The lowest BCUT2D eigenvalue weighted by Crippen LogP contribution is -2.39. The highest BCUT2D eigenvalue weighted by Gasteiger charge is 2.25. The van der Waals surface area contributed by atoms with Crippen molar-refractivity contribution < 1.29 is 0 Å². The maximum absolute atomic E-state index is 5.79. The van der Waals surface area contributed by atoms with E-state index in [0.29, 0.717) is 11.8 Å². The van der Waals surface area contributed by atoms with Gasteiger partial charge in [-0.1, -0.05) is 6.92 Å². The fourth-order valence-corrected chi connectivity index (χ4v) is 3.13. The maximum Gasteiger partial charge on any atom is 0.225 e. The first-order chi connectivity index (χ1) is 8.78. The molecule has 0 aromatic carbocycles. The first kappa shape index (κ1) is 11.9. The molecule has 0 saturated carbocycles. The number of rotatable bonds is 2. The molecule has 0 bridgehead atoms. The van der Waals surface area contributed by atoms with E-state index in [4.69, 9.17) is 10.7 Å². The summed E-state index contributed by atoms with van der Waals surface area (Å²) in [6.07, 6.45) is 6.85. The predicted octanol–water partition coefficient (Wildman–Crippen LogP) is 1.70. The highest BCUT2D eigenvalue weighted by Crippen LogP contribution is 2.32. The van der Waals surface area contributed by atoms with Crippen LogP contribution in [0.25, 0.3) is 0 Å². The molecule has 2 heterocycles. The van der Waals surface area contributed by atoms with Gasteiger partial charge < -0.3 is 10.6 Å². The molecule has 1 aliphatic heterocycles. The van der Waals surface area contributed by atoms with Gasteiger partial charge in [0.05, 0.1) is 5.69 Å². The molecule has 2 atom stereocenters. The van der Waals surface area contributed by atoms with E-state index in [2.05, 4.69) is 16.8 Å². The first-order valence-corrected chi connectivity index (χ1v) is 7.08. The molecule has 2 N–H and O–H groups in total. The van der Waals surface area contributed by atoms with Crippen LogP contribution in [0.3, 0.4) is 0 Å². The van der Waals surface area contributed by atoms with E-state index in [0.717, 1.165) is 32.0 Å². The molecule has 4 heteroatoms. The zero-order chi connectivity index (χ0) is 12.5. The Hall–Kier alpha value is -1.16. The lowest BCUT2D eigenvalue weighted by Gasteiger charge is -2.32. The Kier molecular flexibility index (Phi) is 3.20. The zero-order valence-corrected chi connectivity index (χ0v) is 11.1. The van der Waals surface area contributed by atoms with Gasteiger partial charge in [-0.05, 0) is 49.6 Å². The van der Waals surface area contributed by atoms with E-state index < -0.39 is 0 Å². The lowest BCUT2D eigenvalue weighted by atomic mass is 9.99. The molecule has 0 amide bonds. The second-order valence-electron chi connectivity index (χ2n) is 5.71. The molecule has 1 saturated heterocycles. The van der Waals surface area contributed by atoms with Gasteiger partial charge in [-0.15, -0.1) is 0 Å². The van der Waals surface area contributed by atoms with Crippen molar-refractivity contribution in [1.29, 1.82) is 0 Å². The van der Waals surface area contributed by atoms with Gasteiger partial charge in [0.25, 0.3) is 0 Å². The summed E-state index contributed by atoms with van der Waals surface area (Å²) in [5.41, 5.74) is 8.41. The van der Waals surface area contributed by atoms with Gasteiger partial charge in [0.1, 0.15) is 0 Å². The van der Waals surface area contributed by atoms with Gasteiger partial charge >= 0.3 is 0 Å². The van der Waals surface area contributed by atoms with E-state index >= 15 is 0 Å². The van der Waals surface area contributed by atoms with Crippen molar-refractivity contribution in [3.63, 3.8) is 0 Å². The molecule has 3 rings (SSSR count). The van der Waals surface area contributed by atoms with Gasteiger partial charge in [-0.3, -0.25) is 0 Å². The van der Waals surface area contributed by atoms with Crippen LogP contribution in [0, 0.1) is 5.92 Å². The summed E-state index contributed by atoms with van der Waals surface area (Å²) in [5, 5.41) is 0. The summed E-state index contributed by atoms with van der Waals surface area (Å²) in [6, 6.07) is 0. The quantitative estimate of drug-likeness (QED) is 0.863. The lowest BCUT2D eigenvalue weighted by molar-refractivity contribution is 0.419. The minimum atomic E-state index is 0.594. The third-order valence-electron chi connectivity index (χ3n) is 4.33. The minimum absolute atomic E-state index is 0.594. The average molecular weight is 246 g/mol. The van der Waals surface area contributed by atoms with Crippen molar-refractivity contribution in [3.8, 4) is 0 Å². The molecule has 1 aromatic rings. The number of nitrogens with zero attached hydrogens (tertiary/aromatic N) is 3. The highest BCUT2D eigenvalue weighted by atomic mass is 15.3. The molecule has 1 aliphatic carbocycles. The van der Waals surface area contributed by atoms with Crippen LogP contribution < -0.4 is 10.6 Å². The van der Waals surface area contributed by atoms with Gasteiger partial charge in [-0.2, -0.15) is 0 Å². The van der Waals surface area contributed by atoms with Crippen LogP contribution >= 0.6 is 0 Å². The molecule has 2 aliphatic rings. The number of aromatic nitrogens is 2. The number of hydrogen-bond acceptors (Lipinski definition) is 4. The monoisotopic (exact) mass is 246 g/mol. The van der Waals surface area contributed by atoms with Crippen LogP contribution in [0.1, 0.15) is 43.4 Å². The second kappa shape index (κ2) is 4.84. The van der Waals surface area contributed by atoms with Crippen LogP contribution in [0.5, 0.6) is 0 Å². The largest absolute Gasteiger partial charge is 0.340 e. The summed E-state index contributed by atoms with van der Waals surface area (Å²) in [6.45, 7) is 5.13. The summed E-state index contributed by atoms with van der Waals surface area (Å²) >= 11 is 0. The number of piperidine rings is 1. The molecule has 4 nitrogen and oxygen atoms in total. The van der Waals surface area contributed by atoms with Crippen LogP contribution in [0.2, 0.25) is 0 Å². The van der Waals surface area contributed by atoms with Crippen molar-refractivity contribution in [1.82, 2.24) is 9.97 Å². The normalized spacial score (nSPS) is 27.3. The second-order valence-corrected chi connectivity index (χ2v) is 5.71. The van der Waals surface area contributed by atoms with E-state index in [1.165, 1.54) is 30.5 Å². The standard InChI is InChI=1S/C14H22N4/c1-10-4-5-12-8-16-14(17-13(10)12)18-6-2-3-11(7-15)9-18/h8,10-11H,2-7,9,15H2,1H3. The Bertz CT molecular complexity index is 432. The Morgan fingerprint density at radius 1 is 1.44 bits per heavy atom. The molecular weight excluding hydrogens is 224 g/mol. The van der Waals surface area contributed by atoms with Gasteiger partial charge in [0.15, 0.2) is 0 Å². The number of hydrogen-bond donors (Lipinski definition) is 1. The third kappa shape index (κ3) is 2.09. The van der Waals surface area contributed by atoms with Crippen LogP contribution in [-0.2, 0) is 6.42 Å². The van der Waals surface area contributed by atoms with Crippen molar-refractivity contribution >= 4 is 5.95 Å². The molecule has 1 aromatic heterocycles. The average Bonchev–Trinajstić information content (AvgIpc) is 2.80. The Labute approximate surface area is 109 Å². The van der Waals surface area contributed by atoms with Crippen molar-refractivity contribution in [2.75, 3.05) is 24.5 Å². The SMILES string of the molecule is CC1CCc2cnc(N3CCCC(CN)C3)nc21. The molecule has 2 unspecified atom stereocenters. The smallest absolute Gasteiger partial charge is 0.225 e. The first-order valence-electron chi connectivity index (χ1n) is 7.08. The van der Waals surface area contributed by atoms with Crippen molar-refractivity contribution in [3.05, 3.63) is 17.5 Å². The zero-order valence-electron chi connectivity index (χ0n) is 11.1. The molecule has 98 valence electrons. The summed E-state index contributed by atoms with van der Waals surface area (Å²) in [4.78, 5) is 11.7. The fraction of sp³-hybridized carbons (Fsp3) is 0.714.